The van der Waals surface area contributed by atoms with Gasteiger partial charge in [0.1, 0.15) is 17.6 Å². The molecule has 0 spiro atoms. The third-order valence-electron chi connectivity index (χ3n) is 5.16. The molecular weight excluding hydrogens is 370 g/mol. The summed E-state index contributed by atoms with van der Waals surface area (Å²) in [6.45, 7) is 4.86. The van der Waals surface area contributed by atoms with E-state index in [1.165, 1.54) is 12.3 Å². The van der Waals surface area contributed by atoms with Crippen LogP contribution in [0, 0.1) is 0 Å². The minimum Gasteiger partial charge on any atom is -0.505 e. The second-order valence-electron chi connectivity index (χ2n) is 8.00. The summed E-state index contributed by atoms with van der Waals surface area (Å²) >= 11 is 0. The fourth-order valence-corrected chi connectivity index (χ4v) is 3.74. The van der Waals surface area contributed by atoms with Crippen molar-refractivity contribution in [1.82, 2.24) is 9.55 Å². The lowest BCUT2D eigenvalue weighted by atomic mass is 9.96. The lowest BCUT2D eigenvalue weighted by Gasteiger charge is -2.35. The van der Waals surface area contributed by atoms with Crippen LogP contribution in [-0.2, 0) is 11.8 Å². The highest BCUT2D eigenvalue weighted by Crippen LogP contribution is 2.34. The Hall–Kier alpha value is -3.06. The zero-order valence-corrected chi connectivity index (χ0v) is 16.8. The minimum absolute atomic E-state index is 0.00867. The average Bonchev–Trinajstić information content (AvgIpc) is 2.96. The van der Waals surface area contributed by atoms with E-state index < -0.39 is 5.91 Å². The summed E-state index contributed by atoms with van der Waals surface area (Å²) in [7, 11) is 1.94. The average molecular weight is 395 g/mol. The van der Waals surface area contributed by atoms with E-state index in [4.69, 9.17) is 9.47 Å². The van der Waals surface area contributed by atoms with Crippen LogP contribution in [0.2, 0.25) is 0 Å². The van der Waals surface area contributed by atoms with Crippen LogP contribution in [0.5, 0.6) is 11.5 Å². The molecule has 152 valence electrons. The molecule has 0 bridgehead atoms. The van der Waals surface area contributed by atoms with Crippen LogP contribution in [0.1, 0.15) is 37.2 Å². The monoisotopic (exact) mass is 395 g/mol. The van der Waals surface area contributed by atoms with E-state index in [1.807, 2.05) is 36.0 Å². The Labute approximate surface area is 169 Å². The predicted molar refractivity (Wildman–Crippen MR) is 110 cm³/mol. The van der Waals surface area contributed by atoms with Crippen LogP contribution >= 0.6 is 0 Å². The maximum atomic E-state index is 12.4. The molecule has 29 heavy (non-hydrogen) atoms. The van der Waals surface area contributed by atoms with Gasteiger partial charge in [0.15, 0.2) is 5.69 Å². The number of aromatic hydroxyl groups is 1. The molecule has 1 atom stereocenters. The van der Waals surface area contributed by atoms with Crippen LogP contribution in [0.25, 0.3) is 10.9 Å². The number of benzene rings is 1. The summed E-state index contributed by atoms with van der Waals surface area (Å²) in [4.78, 5) is 16.3. The maximum Gasteiger partial charge on any atom is 0.278 e. The van der Waals surface area contributed by atoms with Crippen LogP contribution in [0.4, 0.5) is 5.69 Å². The highest BCUT2D eigenvalue weighted by atomic mass is 16.5. The van der Waals surface area contributed by atoms with Gasteiger partial charge in [0.2, 0.25) is 0 Å². The van der Waals surface area contributed by atoms with E-state index in [0.29, 0.717) is 12.3 Å². The molecule has 2 N–H and O–H groups in total. The van der Waals surface area contributed by atoms with Crippen molar-refractivity contribution in [2.45, 2.75) is 38.4 Å². The number of pyridine rings is 1. The molecule has 3 heterocycles. The summed E-state index contributed by atoms with van der Waals surface area (Å²) in [5.74, 6) is 0.211. The quantitative estimate of drug-likeness (QED) is 0.700. The Morgan fingerprint density at radius 1 is 1.38 bits per heavy atom. The van der Waals surface area contributed by atoms with Crippen LogP contribution < -0.4 is 10.1 Å². The Morgan fingerprint density at radius 2 is 2.21 bits per heavy atom. The lowest BCUT2D eigenvalue weighted by Crippen LogP contribution is -2.39. The zero-order valence-electron chi connectivity index (χ0n) is 16.8. The van der Waals surface area contributed by atoms with Crippen LogP contribution in [-0.4, -0.2) is 38.9 Å². The van der Waals surface area contributed by atoms with Gasteiger partial charge in [-0.3, -0.25) is 4.79 Å². The van der Waals surface area contributed by atoms with Crippen molar-refractivity contribution in [2.24, 2.45) is 7.05 Å². The smallest absolute Gasteiger partial charge is 0.278 e. The standard InChI is InChI=1S/C22H25N3O4/c1-22(2)12-15(8-10-28-22)29-19-13-25(3)17-11-14(6-7-16(17)19)24-21(27)20-18(26)5-4-9-23-20/h4-7,9,11,13,15,26H,8,10,12H2,1-3H3,(H,24,27). The number of amides is 1. The van der Waals surface area contributed by atoms with Gasteiger partial charge in [-0.1, -0.05) is 0 Å². The van der Waals surface area contributed by atoms with E-state index in [-0.39, 0.29) is 23.1 Å². The van der Waals surface area contributed by atoms with Gasteiger partial charge >= 0.3 is 0 Å². The Bertz CT molecular complexity index is 1060. The fourth-order valence-electron chi connectivity index (χ4n) is 3.74. The molecular formula is C22H25N3O4. The summed E-state index contributed by atoms with van der Waals surface area (Å²) < 4.78 is 14.1. The number of carbonyl (C=O) groups is 1. The van der Waals surface area contributed by atoms with E-state index in [1.54, 1.807) is 6.07 Å². The first-order valence-corrected chi connectivity index (χ1v) is 9.67. The van der Waals surface area contributed by atoms with Gasteiger partial charge < -0.3 is 24.5 Å². The Kier molecular flexibility index (Phi) is 4.92. The number of carbonyl (C=O) groups excluding carboxylic acids is 1. The number of hydrogen-bond donors (Lipinski definition) is 2. The number of nitrogens with one attached hydrogen (secondary N) is 1. The fraction of sp³-hybridized carbons (Fsp3) is 0.364. The molecule has 0 radical (unpaired) electrons. The number of anilines is 1. The number of nitrogens with zero attached hydrogens (tertiary/aromatic N) is 2. The SMILES string of the molecule is Cn1cc(OC2CCOC(C)(C)C2)c2ccc(NC(=O)c3ncccc3O)cc21. The molecule has 4 rings (SSSR count). The third kappa shape index (κ3) is 4.05. The number of aryl methyl sites for hydroxylation is 1. The van der Waals surface area contributed by atoms with Crippen molar-refractivity contribution >= 4 is 22.5 Å². The molecule has 1 aliphatic rings. The molecule has 7 nitrogen and oxygen atoms in total. The van der Waals surface area contributed by atoms with E-state index in [2.05, 4.69) is 24.1 Å². The number of hydrogen-bond acceptors (Lipinski definition) is 5. The number of fused-ring (bicyclic) bond motifs is 1. The number of rotatable bonds is 4. The van der Waals surface area contributed by atoms with Crippen molar-refractivity contribution in [1.29, 1.82) is 0 Å². The van der Waals surface area contributed by atoms with Gasteiger partial charge in [0.25, 0.3) is 5.91 Å². The largest absolute Gasteiger partial charge is 0.505 e. The summed E-state index contributed by atoms with van der Waals surface area (Å²) in [6.07, 6.45) is 5.24. The van der Waals surface area contributed by atoms with Gasteiger partial charge in [0.05, 0.1) is 17.7 Å². The Balaban J connectivity index is 1.55. The molecule has 2 aromatic heterocycles. The predicted octanol–water partition coefficient (Wildman–Crippen LogP) is 3.87. The molecule has 1 saturated heterocycles. The molecule has 0 aliphatic carbocycles. The van der Waals surface area contributed by atoms with Crippen LogP contribution in [0.15, 0.2) is 42.7 Å². The van der Waals surface area contributed by atoms with Crippen molar-refractivity contribution in [2.75, 3.05) is 11.9 Å². The second kappa shape index (κ2) is 7.40. The molecule has 1 aliphatic heterocycles. The molecule has 0 saturated carbocycles. The van der Waals surface area contributed by atoms with E-state index in [0.717, 1.165) is 29.5 Å². The van der Waals surface area contributed by atoms with Gasteiger partial charge in [-0.15, -0.1) is 0 Å². The molecule has 1 fully saturated rings. The topological polar surface area (TPSA) is 85.6 Å². The maximum absolute atomic E-state index is 12.4. The van der Waals surface area contributed by atoms with Crippen LogP contribution in [0.3, 0.4) is 0 Å². The first-order chi connectivity index (χ1) is 13.8. The third-order valence-corrected chi connectivity index (χ3v) is 5.16. The lowest BCUT2D eigenvalue weighted by molar-refractivity contribution is -0.0894. The van der Waals surface area contributed by atoms with Crippen molar-refractivity contribution in [3.05, 3.63) is 48.4 Å². The van der Waals surface area contributed by atoms with E-state index in [9.17, 15) is 9.90 Å². The Morgan fingerprint density at radius 3 is 2.97 bits per heavy atom. The second-order valence-corrected chi connectivity index (χ2v) is 8.00. The summed E-state index contributed by atoms with van der Waals surface area (Å²) in [5, 5.41) is 13.6. The summed E-state index contributed by atoms with van der Waals surface area (Å²) in [6, 6.07) is 8.64. The molecule has 1 aromatic carbocycles. The van der Waals surface area contributed by atoms with Gasteiger partial charge in [0, 0.05) is 43.4 Å². The highest BCUT2D eigenvalue weighted by molar-refractivity contribution is 6.05. The van der Waals surface area contributed by atoms with Crippen molar-refractivity contribution in [3.63, 3.8) is 0 Å². The molecule has 7 heteroatoms. The van der Waals surface area contributed by atoms with Gasteiger partial charge in [-0.2, -0.15) is 0 Å². The summed E-state index contributed by atoms with van der Waals surface area (Å²) in [5.41, 5.74) is 1.37. The molecule has 1 amide bonds. The highest BCUT2D eigenvalue weighted by Gasteiger charge is 2.30. The zero-order chi connectivity index (χ0) is 20.6. The molecule has 3 aromatic rings. The minimum atomic E-state index is -0.461. The van der Waals surface area contributed by atoms with Crippen molar-refractivity contribution < 1.29 is 19.4 Å². The normalized spacial score (nSPS) is 18.5. The van der Waals surface area contributed by atoms with Crippen molar-refractivity contribution in [3.8, 4) is 11.5 Å². The molecule has 1 unspecified atom stereocenters. The first kappa shape index (κ1) is 19.3. The number of aromatic nitrogens is 2. The first-order valence-electron chi connectivity index (χ1n) is 9.67. The van der Waals surface area contributed by atoms with Gasteiger partial charge in [-0.05, 0) is 44.2 Å². The number of ether oxygens (including phenoxy) is 2. The van der Waals surface area contributed by atoms with E-state index >= 15 is 0 Å². The van der Waals surface area contributed by atoms with Gasteiger partial charge in [-0.25, -0.2) is 4.98 Å².